The van der Waals surface area contributed by atoms with Gasteiger partial charge in [0.25, 0.3) is 0 Å². The number of nitrogens with zero attached hydrogens (tertiary/aromatic N) is 1. The quantitative estimate of drug-likeness (QED) is 0.707. The number of anilines is 2. The minimum Gasteiger partial charge on any atom is -0.507 e. The third-order valence-corrected chi connectivity index (χ3v) is 4.05. The van der Waals surface area contributed by atoms with Gasteiger partial charge >= 0.3 is 0 Å². The summed E-state index contributed by atoms with van der Waals surface area (Å²) < 4.78 is 0. The van der Waals surface area contributed by atoms with E-state index in [-0.39, 0.29) is 10.8 Å². The predicted molar refractivity (Wildman–Crippen MR) is 99.9 cm³/mol. The van der Waals surface area contributed by atoms with Crippen molar-refractivity contribution in [2.75, 3.05) is 5.32 Å². The van der Waals surface area contributed by atoms with Crippen LogP contribution in [0.15, 0.2) is 36.4 Å². The molecule has 0 radical (unpaired) electrons. The normalized spacial score (nSPS) is 11.9. The third kappa shape index (κ3) is 3.71. The lowest BCUT2D eigenvalue weighted by molar-refractivity contribution is 0.423. The number of hydrogen-bond donors (Lipinski definition) is 2. The van der Waals surface area contributed by atoms with Crippen LogP contribution in [-0.2, 0) is 10.8 Å². The van der Waals surface area contributed by atoms with E-state index in [0.29, 0.717) is 11.3 Å². The van der Waals surface area contributed by atoms with Crippen molar-refractivity contribution in [3.63, 3.8) is 0 Å². The van der Waals surface area contributed by atoms with Crippen LogP contribution < -0.4 is 5.32 Å². The molecule has 0 fully saturated rings. The molecule has 0 aromatic heterocycles. The lowest BCUT2D eigenvalue weighted by atomic mass is 9.79. The highest BCUT2D eigenvalue weighted by atomic mass is 16.3. The molecule has 0 amide bonds. The lowest BCUT2D eigenvalue weighted by Gasteiger charge is -2.28. The zero-order valence-corrected chi connectivity index (χ0v) is 15.4. The van der Waals surface area contributed by atoms with Crippen LogP contribution in [0.25, 0.3) is 0 Å². The van der Waals surface area contributed by atoms with Crippen LogP contribution in [0.2, 0.25) is 0 Å². The molecule has 126 valence electrons. The zero-order valence-electron chi connectivity index (χ0n) is 15.4. The predicted octanol–water partition coefficient (Wildman–Crippen LogP) is 5.60. The van der Waals surface area contributed by atoms with Crippen molar-refractivity contribution in [3.05, 3.63) is 53.1 Å². The second-order valence-corrected chi connectivity index (χ2v) is 8.20. The van der Waals surface area contributed by atoms with Crippen molar-refractivity contribution in [3.8, 4) is 11.8 Å². The van der Waals surface area contributed by atoms with E-state index in [2.05, 4.69) is 52.9 Å². The first kappa shape index (κ1) is 17.9. The van der Waals surface area contributed by atoms with Crippen molar-refractivity contribution in [2.45, 2.75) is 52.4 Å². The summed E-state index contributed by atoms with van der Waals surface area (Å²) in [6.45, 7) is 12.5. The maximum absolute atomic E-state index is 10.8. The van der Waals surface area contributed by atoms with E-state index in [9.17, 15) is 10.4 Å². The first-order valence-corrected chi connectivity index (χ1v) is 8.18. The Bertz CT molecular complexity index is 752. The number of benzene rings is 2. The van der Waals surface area contributed by atoms with E-state index in [4.69, 9.17) is 0 Å². The van der Waals surface area contributed by atoms with E-state index in [1.807, 2.05) is 30.3 Å². The Hall–Kier alpha value is -2.47. The first-order valence-electron chi connectivity index (χ1n) is 8.18. The van der Waals surface area contributed by atoms with Crippen LogP contribution in [0.3, 0.4) is 0 Å². The monoisotopic (exact) mass is 322 g/mol. The van der Waals surface area contributed by atoms with E-state index in [1.165, 1.54) is 0 Å². The highest BCUT2D eigenvalue weighted by molar-refractivity contribution is 5.69. The number of phenolic OH excluding ortho intramolecular Hbond substituents is 1. The van der Waals surface area contributed by atoms with Crippen molar-refractivity contribution in [2.24, 2.45) is 0 Å². The summed E-state index contributed by atoms with van der Waals surface area (Å²) in [6.07, 6.45) is 0. The van der Waals surface area contributed by atoms with Gasteiger partial charge in [-0.15, -0.1) is 0 Å². The molecule has 0 spiro atoms. The molecular weight excluding hydrogens is 296 g/mol. The second-order valence-electron chi connectivity index (χ2n) is 8.20. The van der Waals surface area contributed by atoms with E-state index < -0.39 is 0 Å². The van der Waals surface area contributed by atoms with Gasteiger partial charge in [-0.1, -0.05) is 53.7 Å². The van der Waals surface area contributed by atoms with Gasteiger partial charge in [-0.05, 0) is 35.1 Å². The van der Waals surface area contributed by atoms with Gasteiger partial charge in [-0.3, -0.25) is 0 Å². The molecule has 3 heteroatoms. The van der Waals surface area contributed by atoms with Gasteiger partial charge in [-0.2, -0.15) is 5.26 Å². The molecule has 2 aromatic carbocycles. The molecule has 0 atom stereocenters. The fourth-order valence-corrected chi connectivity index (χ4v) is 2.70. The number of hydrogen-bond acceptors (Lipinski definition) is 3. The molecule has 0 aliphatic carbocycles. The molecule has 0 bridgehead atoms. The van der Waals surface area contributed by atoms with Gasteiger partial charge in [0.1, 0.15) is 11.8 Å². The van der Waals surface area contributed by atoms with E-state index >= 15 is 0 Å². The van der Waals surface area contributed by atoms with Gasteiger partial charge in [0.05, 0.1) is 11.3 Å². The van der Waals surface area contributed by atoms with Gasteiger partial charge < -0.3 is 10.4 Å². The average Bonchev–Trinajstić information content (AvgIpc) is 2.47. The van der Waals surface area contributed by atoms with E-state index in [0.717, 1.165) is 22.5 Å². The van der Waals surface area contributed by atoms with Crippen molar-refractivity contribution < 1.29 is 5.11 Å². The van der Waals surface area contributed by atoms with Crippen LogP contribution >= 0.6 is 0 Å². The second kappa shape index (κ2) is 6.20. The molecule has 24 heavy (non-hydrogen) atoms. The maximum atomic E-state index is 10.8. The van der Waals surface area contributed by atoms with Gasteiger partial charge in [0, 0.05) is 16.8 Å². The fourth-order valence-electron chi connectivity index (χ4n) is 2.70. The van der Waals surface area contributed by atoms with Crippen LogP contribution in [0.4, 0.5) is 11.4 Å². The Morgan fingerprint density at radius 3 is 1.88 bits per heavy atom. The summed E-state index contributed by atoms with van der Waals surface area (Å²) in [6, 6.07) is 13.6. The summed E-state index contributed by atoms with van der Waals surface area (Å²) in [5, 5.41) is 23.4. The smallest absolute Gasteiger partial charge is 0.123 e. The Balaban J connectivity index is 2.61. The third-order valence-electron chi connectivity index (χ3n) is 4.05. The summed E-state index contributed by atoms with van der Waals surface area (Å²) in [4.78, 5) is 0. The lowest BCUT2D eigenvalue weighted by Crippen LogP contribution is -2.17. The molecule has 2 aromatic rings. The Morgan fingerprint density at radius 1 is 0.917 bits per heavy atom. The van der Waals surface area contributed by atoms with Gasteiger partial charge in [0.15, 0.2) is 0 Å². The van der Waals surface area contributed by atoms with Crippen molar-refractivity contribution >= 4 is 11.4 Å². The van der Waals surface area contributed by atoms with Crippen LogP contribution in [0, 0.1) is 11.3 Å². The first-order chi connectivity index (χ1) is 11.0. The largest absolute Gasteiger partial charge is 0.507 e. The summed E-state index contributed by atoms with van der Waals surface area (Å²) in [5.41, 5.74) is 3.67. The molecule has 3 nitrogen and oxygen atoms in total. The maximum Gasteiger partial charge on any atom is 0.123 e. The van der Waals surface area contributed by atoms with Crippen LogP contribution in [0.5, 0.6) is 5.75 Å². The molecular formula is C21H26N2O. The molecule has 2 rings (SSSR count). The molecule has 0 saturated heterocycles. The van der Waals surface area contributed by atoms with E-state index in [1.54, 1.807) is 6.07 Å². The van der Waals surface area contributed by atoms with Crippen molar-refractivity contribution in [1.29, 1.82) is 5.26 Å². The zero-order chi connectivity index (χ0) is 18.1. The minimum atomic E-state index is -0.184. The van der Waals surface area contributed by atoms with Crippen molar-refractivity contribution in [1.82, 2.24) is 0 Å². The highest BCUT2D eigenvalue weighted by Crippen LogP contribution is 2.41. The Morgan fingerprint density at radius 2 is 1.42 bits per heavy atom. The van der Waals surface area contributed by atoms with Gasteiger partial charge in [-0.25, -0.2) is 0 Å². The summed E-state index contributed by atoms with van der Waals surface area (Å²) >= 11 is 0. The summed E-state index contributed by atoms with van der Waals surface area (Å²) in [7, 11) is 0. The number of aromatic hydroxyl groups is 1. The molecule has 2 N–H and O–H groups in total. The topological polar surface area (TPSA) is 56.0 Å². The number of phenols is 1. The number of rotatable bonds is 2. The molecule has 0 heterocycles. The Kier molecular flexibility index (Phi) is 4.62. The van der Waals surface area contributed by atoms with Gasteiger partial charge in [0.2, 0.25) is 0 Å². The van der Waals surface area contributed by atoms with Crippen LogP contribution in [-0.4, -0.2) is 5.11 Å². The Labute approximate surface area is 145 Å². The summed E-state index contributed by atoms with van der Waals surface area (Å²) in [5.74, 6) is 0.356. The molecule has 0 aliphatic heterocycles. The fraction of sp³-hybridized carbons (Fsp3) is 0.381. The molecule has 0 unspecified atom stereocenters. The minimum absolute atomic E-state index is 0.184. The molecule has 0 aliphatic rings. The number of nitriles is 1. The average molecular weight is 322 g/mol. The SMILES string of the molecule is CC(C)(C)c1cc(Nc2ccccc2C#N)cc(C(C)(C)C)c1O. The van der Waals surface area contributed by atoms with Crippen LogP contribution in [0.1, 0.15) is 58.2 Å². The molecule has 0 saturated carbocycles. The standard InChI is InChI=1S/C21H26N2O/c1-20(2,3)16-11-15(12-17(19(16)24)21(4,5)6)23-18-10-8-7-9-14(18)13-22/h7-12,23-24H,1-6H3. The number of para-hydroxylation sites is 1. The highest BCUT2D eigenvalue weighted by Gasteiger charge is 2.26. The number of nitrogens with one attached hydrogen (secondary N) is 1.